The average molecular weight is 128 g/mol. The maximum atomic E-state index is 12.4. The highest BCUT2D eigenvalue weighted by Gasteiger charge is 1.85. The molecule has 0 atom stereocenters. The van der Waals surface area contributed by atoms with Crippen LogP contribution in [-0.4, -0.2) is 0 Å². The summed E-state index contributed by atoms with van der Waals surface area (Å²) in [5.41, 5.74) is 3.63. The van der Waals surface area contributed by atoms with Gasteiger partial charge in [0.25, 0.3) is 0 Å². The van der Waals surface area contributed by atoms with E-state index in [9.17, 15) is 4.39 Å². The van der Waals surface area contributed by atoms with Crippen molar-refractivity contribution >= 4 is 0 Å². The molecule has 0 aliphatic rings. The largest absolute Gasteiger partial charge is 0.203 e. The lowest BCUT2D eigenvalue weighted by Gasteiger charge is -1.86. The molecule has 0 aromatic rings. The van der Waals surface area contributed by atoms with Crippen molar-refractivity contribution in [2.24, 2.45) is 0 Å². The second-order valence-corrected chi connectivity index (χ2v) is 2.02. The Hall–Kier alpha value is -0.550. The molecule has 0 aliphatic carbocycles. The van der Waals surface area contributed by atoms with Crippen molar-refractivity contribution in [2.45, 2.75) is 33.6 Å². The van der Waals surface area contributed by atoms with E-state index in [1.165, 1.54) is 0 Å². The molecule has 0 N–H and O–H groups in total. The van der Waals surface area contributed by atoms with Crippen molar-refractivity contribution in [3.05, 3.63) is 17.1 Å². The van der Waals surface area contributed by atoms with Gasteiger partial charge >= 0.3 is 0 Å². The summed E-state index contributed by atoms with van der Waals surface area (Å²) in [6.45, 7) is 5.66. The third-order valence-corrected chi connectivity index (χ3v) is 1.19. The first-order chi connectivity index (χ1) is 4.20. The Labute approximate surface area is 56.1 Å². The van der Waals surface area contributed by atoms with Gasteiger partial charge in [0, 0.05) is 6.42 Å². The first-order valence-corrected chi connectivity index (χ1v) is 3.31. The maximum Gasteiger partial charge on any atom is 0.142 e. The number of hydrogen-bond donors (Lipinski definition) is 0. The normalized spacial score (nSPS) is 8.44. The van der Waals surface area contributed by atoms with E-state index in [1.807, 2.05) is 13.8 Å². The summed E-state index contributed by atoms with van der Waals surface area (Å²) < 4.78 is 12.4. The van der Waals surface area contributed by atoms with Crippen LogP contribution in [0.1, 0.15) is 33.6 Å². The van der Waals surface area contributed by atoms with Crippen LogP contribution in [-0.2, 0) is 0 Å². The van der Waals surface area contributed by atoms with Gasteiger partial charge in [-0.05, 0) is 18.9 Å². The Kier molecular flexibility index (Phi) is 4.08. The summed E-state index contributed by atoms with van der Waals surface area (Å²) in [7, 11) is 0. The zero-order valence-electron chi connectivity index (χ0n) is 6.29. The fourth-order valence-electron chi connectivity index (χ4n) is 0.408. The minimum absolute atomic E-state index is 0.144. The first kappa shape index (κ1) is 8.45. The molecular weight excluding hydrogens is 115 g/mol. The minimum atomic E-state index is -0.144. The molecule has 0 aromatic heterocycles. The van der Waals surface area contributed by atoms with Crippen LogP contribution in [0.5, 0.6) is 0 Å². The summed E-state index contributed by atoms with van der Waals surface area (Å²) in [5, 5.41) is 0. The second kappa shape index (κ2) is 4.34. The van der Waals surface area contributed by atoms with Crippen molar-refractivity contribution in [1.82, 2.24) is 0 Å². The van der Waals surface area contributed by atoms with E-state index >= 15 is 0 Å². The maximum absolute atomic E-state index is 12.4. The highest BCUT2D eigenvalue weighted by molar-refractivity contribution is 5.00. The fraction of sp³-hybridized carbons (Fsp3) is 0.625. The molecule has 0 spiro atoms. The lowest BCUT2D eigenvalue weighted by molar-refractivity contribution is 0.605. The van der Waals surface area contributed by atoms with E-state index in [-0.39, 0.29) is 5.83 Å². The standard InChI is InChI=1S/C8H13F/c1-4-7(3)6-8(9)5-2/h4-5H2,1-3H3. The Morgan fingerprint density at radius 2 is 1.89 bits per heavy atom. The molecule has 1 heteroatoms. The smallest absolute Gasteiger partial charge is 0.142 e. The molecular formula is C8H13F. The minimum Gasteiger partial charge on any atom is -0.203 e. The van der Waals surface area contributed by atoms with Gasteiger partial charge in [0.1, 0.15) is 5.83 Å². The van der Waals surface area contributed by atoms with Gasteiger partial charge in [-0.3, -0.25) is 0 Å². The lowest BCUT2D eigenvalue weighted by Crippen LogP contribution is -1.68. The van der Waals surface area contributed by atoms with Crippen molar-refractivity contribution in [1.29, 1.82) is 0 Å². The van der Waals surface area contributed by atoms with Gasteiger partial charge in [0.2, 0.25) is 0 Å². The average Bonchev–Trinajstić information content (AvgIpc) is 1.87. The molecule has 0 fully saturated rings. The summed E-state index contributed by atoms with van der Waals surface area (Å²) in [4.78, 5) is 0. The van der Waals surface area contributed by atoms with Crippen LogP contribution < -0.4 is 0 Å². The van der Waals surface area contributed by atoms with Crippen LogP contribution in [0.25, 0.3) is 0 Å². The van der Waals surface area contributed by atoms with Crippen molar-refractivity contribution in [3.8, 4) is 0 Å². The van der Waals surface area contributed by atoms with Gasteiger partial charge in [-0.1, -0.05) is 19.6 Å². The monoisotopic (exact) mass is 128 g/mol. The predicted octanol–water partition coefficient (Wildman–Crippen LogP) is 3.21. The number of hydrogen-bond acceptors (Lipinski definition) is 0. The Morgan fingerprint density at radius 3 is 2.22 bits per heavy atom. The van der Waals surface area contributed by atoms with Crippen molar-refractivity contribution < 1.29 is 4.39 Å². The summed E-state index contributed by atoms with van der Waals surface area (Å²) in [6.07, 6.45) is 1.34. The van der Waals surface area contributed by atoms with Crippen molar-refractivity contribution in [2.75, 3.05) is 0 Å². The van der Waals surface area contributed by atoms with Crippen LogP contribution >= 0.6 is 0 Å². The van der Waals surface area contributed by atoms with Gasteiger partial charge in [0.05, 0.1) is 0 Å². The third-order valence-electron chi connectivity index (χ3n) is 1.19. The SMILES string of the molecule is CCC(C)=C=C(F)CC. The van der Waals surface area contributed by atoms with Crippen LogP contribution in [0.3, 0.4) is 0 Å². The number of rotatable bonds is 2. The Morgan fingerprint density at radius 1 is 1.33 bits per heavy atom. The third kappa shape index (κ3) is 3.99. The summed E-state index contributed by atoms with van der Waals surface area (Å²) >= 11 is 0. The van der Waals surface area contributed by atoms with Gasteiger partial charge in [-0.2, -0.15) is 0 Å². The molecule has 0 saturated heterocycles. The molecule has 52 valence electrons. The van der Waals surface area contributed by atoms with Gasteiger partial charge in [-0.15, -0.1) is 0 Å². The molecule has 0 heterocycles. The number of allylic oxidation sites excluding steroid dienone is 1. The molecule has 0 bridgehead atoms. The van der Waals surface area contributed by atoms with Gasteiger partial charge in [0.15, 0.2) is 0 Å². The Balaban J connectivity index is 4.19. The second-order valence-electron chi connectivity index (χ2n) is 2.02. The van der Waals surface area contributed by atoms with E-state index < -0.39 is 0 Å². The summed E-state index contributed by atoms with van der Waals surface area (Å²) in [5.74, 6) is -0.144. The van der Waals surface area contributed by atoms with E-state index in [1.54, 1.807) is 6.92 Å². The molecule has 9 heavy (non-hydrogen) atoms. The topological polar surface area (TPSA) is 0 Å². The molecule has 0 rings (SSSR count). The highest BCUT2D eigenvalue weighted by atomic mass is 19.1. The zero-order valence-corrected chi connectivity index (χ0v) is 6.29. The molecule has 0 unspecified atom stereocenters. The van der Waals surface area contributed by atoms with Gasteiger partial charge in [-0.25, -0.2) is 4.39 Å². The number of halogens is 1. The van der Waals surface area contributed by atoms with Crippen molar-refractivity contribution in [3.63, 3.8) is 0 Å². The molecule has 0 saturated carbocycles. The highest BCUT2D eigenvalue weighted by Crippen LogP contribution is 2.02. The molecule has 0 aromatic carbocycles. The lowest BCUT2D eigenvalue weighted by atomic mass is 10.2. The Bertz CT molecular complexity index is 125. The van der Waals surface area contributed by atoms with E-state index in [2.05, 4.69) is 5.73 Å². The van der Waals surface area contributed by atoms with Crippen LogP contribution in [0.15, 0.2) is 17.1 Å². The van der Waals surface area contributed by atoms with E-state index in [0.29, 0.717) is 6.42 Å². The van der Waals surface area contributed by atoms with E-state index in [4.69, 9.17) is 0 Å². The molecule has 0 aliphatic heterocycles. The zero-order chi connectivity index (χ0) is 7.28. The molecule has 0 amide bonds. The fourth-order valence-corrected chi connectivity index (χ4v) is 0.408. The predicted molar refractivity (Wildman–Crippen MR) is 37.9 cm³/mol. The quantitative estimate of drug-likeness (QED) is 0.501. The van der Waals surface area contributed by atoms with Gasteiger partial charge < -0.3 is 0 Å². The van der Waals surface area contributed by atoms with Crippen LogP contribution in [0.4, 0.5) is 4.39 Å². The molecule has 0 radical (unpaired) electrons. The molecule has 0 nitrogen and oxygen atoms in total. The van der Waals surface area contributed by atoms with Crippen LogP contribution in [0, 0.1) is 0 Å². The first-order valence-electron chi connectivity index (χ1n) is 3.31. The van der Waals surface area contributed by atoms with E-state index in [0.717, 1.165) is 12.0 Å². The summed E-state index contributed by atoms with van der Waals surface area (Å²) in [6, 6.07) is 0. The van der Waals surface area contributed by atoms with Crippen LogP contribution in [0.2, 0.25) is 0 Å².